The molecule has 2 nitrogen and oxygen atoms in total. The molecule has 11 heteroatoms. The second kappa shape index (κ2) is 8.27. The van der Waals surface area contributed by atoms with Crippen molar-refractivity contribution >= 4 is 11.4 Å². The zero-order valence-corrected chi connectivity index (χ0v) is 15.5. The molecular weight excluding hydrogens is 443 g/mol. The van der Waals surface area contributed by atoms with Gasteiger partial charge in [0.25, 0.3) is 0 Å². The lowest BCUT2D eigenvalue weighted by Crippen LogP contribution is -2.60. The molecule has 2 aromatic rings. The highest BCUT2D eigenvalue weighted by molar-refractivity contribution is 6.29. The molecule has 0 aliphatic rings. The van der Waals surface area contributed by atoms with Gasteiger partial charge in [-0.1, -0.05) is 30.3 Å². The number of Topliss-reactive ketones (excluding diaryl/α,β-unsaturated/α-hetero) is 1. The van der Waals surface area contributed by atoms with Gasteiger partial charge >= 0.3 is 23.9 Å². The molecule has 0 atom stereocenters. The van der Waals surface area contributed by atoms with E-state index in [4.69, 9.17) is 4.74 Å². The number of ketones is 1. The Morgan fingerprint density at radius 3 is 1.71 bits per heavy atom. The minimum atomic E-state index is -7.06. The van der Waals surface area contributed by atoms with E-state index in [0.29, 0.717) is 0 Å². The standard InChI is InChI=1S/C20H13F9O2/c1-31-14-9-7-13(8-10-14)16(30)15(12-5-3-2-4-6-12)11-17(21,22)18(23,24)19(25,26)20(27,28)29/h2-11H,1H3/b15-11+. The molecule has 0 N–H and O–H groups in total. The number of allylic oxidation sites excluding steroid dienone is 2. The largest absolute Gasteiger partial charge is 0.497 e. The van der Waals surface area contributed by atoms with Crippen LogP contribution >= 0.6 is 0 Å². The summed E-state index contributed by atoms with van der Waals surface area (Å²) in [6.45, 7) is 0. The summed E-state index contributed by atoms with van der Waals surface area (Å²) in [7, 11) is 1.29. The summed E-state index contributed by atoms with van der Waals surface area (Å²) < 4.78 is 124. The van der Waals surface area contributed by atoms with Gasteiger partial charge in [0.2, 0.25) is 0 Å². The number of ether oxygens (including phenoxy) is 1. The fourth-order valence-electron chi connectivity index (χ4n) is 2.45. The maximum Gasteiger partial charge on any atom is 0.460 e. The lowest BCUT2D eigenvalue weighted by atomic mass is 9.92. The first kappa shape index (κ1) is 24.3. The Morgan fingerprint density at radius 2 is 1.26 bits per heavy atom. The summed E-state index contributed by atoms with van der Waals surface area (Å²) in [5.41, 5.74) is -1.90. The maximum atomic E-state index is 14.2. The molecule has 0 fully saturated rings. The maximum absolute atomic E-state index is 14.2. The molecule has 0 amide bonds. The Kier molecular flexibility index (Phi) is 6.48. The number of carbonyl (C=O) groups is 1. The molecule has 0 aromatic heterocycles. The summed E-state index contributed by atoms with van der Waals surface area (Å²) in [5, 5.41) is 0. The number of hydrogen-bond donors (Lipinski definition) is 0. The Hall–Kier alpha value is -2.98. The van der Waals surface area contributed by atoms with E-state index in [0.717, 1.165) is 24.3 Å². The van der Waals surface area contributed by atoms with Gasteiger partial charge in [-0.2, -0.15) is 39.5 Å². The predicted octanol–water partition coefficient (Wildman–Crippen LogP) is 6.43. The van der Waals surface area contributed by atoms with Gasteiger partial charge in [-0.15, -0.1) is 0 Å². The van der Waals surface area contributed by atoms with Gasteiger partial charge in [-0.3, -0.25) is 4.79 Å². The van der Waals surface area contributed by atoms with Crippen LogP contribution in [0.2, 0.25) is 0 Å². The summed E-state index contributed by atoms with van der Waals surface area (Å²) in [6.07, 6.45) is -7.82. The van der Waals surface area contributed by atoms with E-state index in [1.54, 1.807) is 0 Å². The summed E-state index contributed by atoms with van der Waals surface area (Å²) >= 11 is 0. The van der Waals surface area contributed by atoms with E-state index in [1.807, 2.05) is 0 Å². The molecular formula is C20H13F9O2. The van der Waals surface area contributed by atoms with Crippen molar-refractivity contribution in [3.8, 4) is 5.75 Å². The molecule has 0 spiro atoms. The molecule has 2 aromatic carbocycles. The van der Waals surface area contributed by atoms with E-state index in [2.05, 4.69) is 0 Å². The van der Waals surface area contributed by atoms with Crippen LogP contribution < -0.4 is 4.74 Å². The molecule has 168 valence electrons. The van der Waals surface area contributed by atoms with Crippen molar-refractivity contribution in [3.63, 3.8) is 0 Å². The Bertz CT molecular complexity index is 947. The molecule has 0 saturated carbocycles. The smallest absolute Gasteiger partial charge is 0.460 e. The Balaban J connectivity index is 2.64. The van der Waals surface area contributed by atoms with Crippen LogP contribution in [0.1, 0.15) is 15.9 Å². The van der Waals surface area contributed by atoms with Gasteiger partial charge in [0.15, 0.2) is 5.78 Å². The number of hydrogen-bond acceptors (Lipinski definition) is 2. The zero-order valence-electron chi connectivity index (χ0n) is 15.5. The number of benzene rings is 2. The third-order valence-corrected chi connectivity index (χ3v) is 4.18. The second-order valence-electron chi connectivity index (χ2n) is 6.25. The average Bonchev–Trinajstić information content (AvgIpc) is 2.71. The van der Waals surface area contributed by atoms with Gasteiger partial charge in [0, 0.05) is 17.2 Å². The summed E-state index contributed by atoms with van der Waals surface area (Å²) in [5.74, 6) is -21.0. The normalized spacial score (nSPS) is 13.8. The molecule has 0 aliphatic heterocycles. The minimum Gasteiger partial charge on any atom is -0.497 e. The van der Waals surface area contributed by atoms with Crippen LogP contribution in [0.15, 0.2) is 60.7 Å². The van der Waals surface area contributed by atoms with Crippen molar-refractivity contribution in [2.24, 2.45) is 0 Å². The van der Waals surface area contributed by atoms with Crippen LogP contribution in [0.3, 0.4) is 0 Å². The van der Waals surface area contributed by atoms with E-state index >= 15 is 0 Å². The number of methoxy groups -OCH3 is 1. The quantitative estimate of drug-likeness (QED) is 0.273. The predicted molar refractivity (Wildman–Crippen MR) is 92.6 cm³/mol. The monoisotopic (exact) mass is 456 g/mol. The van der Waals surface area contributed by atoms with Crippen molar-refractivity contribution in [2.45, 2.75) is 23.9 Å². The van der Waals surface area contributed by atoms with Crippen molar-refractivity contribution in [3.05, 3.63) is 71.8 Å². The second-order valence-corrected chi connectivity index (χ2v) is 6.25. The number of alkyl halides is 9. The lowest BCUT2D eigenvalue weighted by Gasteiger charge is -2.32. The molecule has 0 aliphatic carbocycles. The summed E-state index contributed by atoms with van der Waals surface area (Å²) in [6, 6.07) is 10.5. The fraction of sp³-hybridized carbons (Fsp3) is 0.250. The highest BCUT2D eigenvalue weighted by atomic mass is 19.4. The first-order valence-corrected chi connectivity index (χ1v) is 8.33. The molecule has 0 heterocycles. The van der Waals surface area contributed by atoms with Gasteiger partial charge in [-0.05, 0) is 29.8 Å². The molecule has 0 unspecified atom stereocenters. The molecule has 0 saturated heterocycles. The highest BCUT2D eigenvalue weighted by Gasteiger charge is 2.81. The van der Waals surface area contributed by atoms with E-state index < -0.39 is 46.9 Å². The molecule has 0 bridgehead atoms. The van der Waals surface area contributed by atoms with Crippen LogP contribution in [0.5, 0.6) is 5.75 Å². The third kappa shape index (κ3) is 4.54. The topological polar surface area (TPSA) is 26.3 Å². The third-order valence-electron chi connectivity index (χ3n) is 4.18. The van der Waals surface area contributed by atoms with Crippen LogP contribution in [0.25, 0.3) is 5.57 Å². The molecule has 2 rings (SSSR count). The number of carbonyl (C=O) groups excluding carboxylic acids is 1. The average molecular weight is 456 g/mol. The van der Waals surface area contributed by atoms with Crippen molar-refractivity contribution in [1.29, 1.82) is 0 Å². The van der Waals surface area contributed by atoms with Gasteiger partial charge in [0.05, 0.1) is 7.11 Å². The minimum absolute atomic E-state index is 0.253. The highest BCUT2D eigenvalue weighted by Crippen LogP contribution is 2.54. The number of halogens is 9. The first-order valence-electron chi connectivity index (χ1n) is 8.33. The van der Waals surface area contributed by atoms with Gasteiger partial charge in [-0.25, -0.2) is 0 Å². The fourth-order valence-corrected chi connectivity index (χ4v) is 2.45. The summed E-state index contributed by atoms with van der Waals surface area (Å²) in [4.78, 5) is 12.7. The van der Waals surface area contributed by atoms with Gasteiger partial charge < -0.3 is 4.74 Å². The van der Waals surface area contributed by atoms with Crippen LogP contribution in [0.4, 0.5) is 39.5 Å². The van der Waals surface area contributed by atoms with Crippen LogP contribution in [0, 0.1) is 0 Å². The lowest BCUT2D eigenvalue weighted by molar-refractivity contribution is -0.388. The van der Waals surface area contributed by atoms with E-state index in [1.165, 1.54) is 37.4 Å². The van der Waals surface area contributed by atoms with Crippen molar-refractivity contribution < 1.29 is 49.0 Å². The van der Waals surface area contributed by atoms with Crippen molar-refractivity contribution in [2.75, 3.05) is 7.11 Å². The Morgan fingerprint density at radius 1 is 0.742 bits per heavy atom. The van der Waals surface area contributed by atoms with Crippen molar-refractivity contribution in [1.82, 2.24) is 0 Å². The van der Waals surface area contributed by atoms with E-state index in [-0.39, 0.29) is 11.3 Å². The zero-order chi connectivity index (χ0) is 23.7. The first-order chi connectivity index (χ1) is 14.2. The van der Waals surface area contributed by atoms with Gasteiger partial charge in [0.1, 0.15) is 5.75 Å². The van der Waals surface area contributed by atoms with E-state index in [9.17, 15) is 44.3 Å². The molecule has 31 heavy (non-hydrogen) atoms. The Labute approximate surface area is 169 Å². The SMILES string of the molecule is COc1ccc(C(=O)/C(=C/C(F)(F)C(F)(F)C(F)(F)C(F)(F)F)c2ccccc2)cc1. The molecule has 0 radical (unpaired) electrons. The number of rotatable bonds is 7. The van der Waals surface area contributed by atoms with Crippen LogP contribution in [-0.2, 0) is 0 Å². The van der Waals surface area contributed by atoms with Crippen LogP contribution in [-0.4, -0.2) is 36.8 Å².